The molecule has 1 saturated carbocycles. The molecule has 0 spiro atoms. The number of benzene rings is 2. The molecule has 0 bridgehead atoms. The first-order valence-electron chi connectivity index (χ1n) is 13.3. The van der Waals surface area contributed by atoms with E-state index >= 15 is 0 Å². The van der Waals surface area contributed by atoms with Gasteiger partial charge in [-0.15, -0.1) is 0 Å². The Labute approximate surface area is 211 Å². The Kier molecular flexibility index (Phi) is 9.10. The van der Waals surface area contributed by atoms with E-state index in [1.165, 1.54) is 11.6 Å². The van der Waals surface area contributed by atoms with Crippen molar-refractivity contribution in [2.45, 2.75) is 71.3 Å². The van der Waals surface area contributed by atoms with Crippen molar-refractivity contribution >= 4 is 0 Å². The van der Waals surface area contributed by atoms with Crippen LogP contribution in [0.2, 0.25) is 0 Å². The minimum absolute atomic E-state index is 0.0896. The fraction of sp³-hybridized carbons (Fsp3) is 0.533. The average Bonchev–Trinajstić information content (AvgIpc) is 2.89. The van der Waals surface area contributed by atoms with Crippen LogP contribution in [0.3, 0.4) is 0 Å². The lowest BCUT2D eigenvalue weighted by Crippen LogP contribution is -2.30. The number of ether oxygens (including phenoxy) is 2. The summed E-state index contributed by atoms with van der Waals surface area (Å²) >= 11 is 0. The molecule has 36 heavy (non-hydrogen) atoms. The van der Waals surface area contributed by atoms with Gasteiger partial charge in [-0.1, -0.05) is 37.6 Å². The first kappa shape index (κ1) is 26.7. The second kappa shape index (κ2) is 12.3. The van der Waals surface area contributed by atoms with Crippen molar-refractivity contribution in [3.63, 3.8) is 0 Å². The van der Waals surface area contributed by atoms with E-state index < -0.39 is 35.3 Å². The van der Waals surface area contributed by atoms with Gasteiger partial charge in [0.2, 0.25) is 5.82 Å². The predicted octanol–water partition coefficient (Wildman–Crippen LogP) is 8.74. The molecule has 0 radical (unpaired) electrons. The Morgan fingerprint density at radius 3 is 2.17 bits per heavy atom. The summed E-state index contributed by atoms with van der Waals surface area (Å²) in [5, 5.41) is 0. The lowest BCUT2D eigenvalue weighted by molar-refractivity contribution is 0.0393. The van der Waals surface area contributed by atoms with E-state index in [-0.39, 0.29) is 29.8 Å². The van der Waals surface area contributed by atoms with E-state index in [9.17, 15) is 17.6 Å². The first-order valence-corrected chi connectivity index (χ1v) is 13.3. The van der Waals surface area contributed by atoms with Crippen molar-refractivity contribution in [2.24, 2.45) is 17.8 Å². The lowest BCUT2D eigenvalue weighted by atomic mass is 9.72. The van der Waals surface area contributed by atoms with Gasteiger partial charge in [0.1, 0.15) is 11.9 Å². The highest BCUT2D eigenvalue weighted by molar-refractivity contribution is 5.65. The third-order valence-electron chi connectivity index (χ3n) is 7.73. The number of rotatable bonds is 9. The zero-order valence-electron chi connectivity index (χ0n) is 21.2. The summed E-state index contributed by atoms with van der Waals surface area (Å²) in [5.74, 6) is -3.49. The van der Waals surface area contributed by atoms with Crippen LogP contribution in [0.1, 0.15) is 64.4 Å². The molecule has 6 heteroatoms. The molecule has 0 amide bonds. The first-order chi connectivity index (χ1) is 17.4. The summed E-state index contributed by atoms with van der Waals surface area (Å²) in [6.07, 6.45) is 5.43. The Morgan fingerprint density at radius 1 is 0.778 bits per heavy atom. The Bertz CT molecular complexity index is 1040. The van der Waals surface area contributed by atoms with Gasteiger partial charge in [0.05, 0.1) is 6.61 Å². The zero-order valence-corrected chi connectivity index (χ0v) is 21.2. The van der Waals surface area contributed by atoms with Gasteiger partial charge in [0, 0.05) is 18.1 Å². The van der Waals surface area contributed by atoms with Gasteiger partial charge in [-0.2, -0.15) is 4.39 Å². The van der Waals surface area contributed by atoms with E-state index in [4.69, 9.17) is 9.47 Å². The third-order valence-corrected chi connectivity index (χ3v) is 7.73. The van der Waals surface area contributed by atoms with Crippen molar-refractivity contribution in [1.29, 1.82) is 0 Å². The second-order valence-corrected chi connectivity index (χ2v) is 10.1. The van der Waals surface area contributed by atoms with Gasteiger partial charge in [-0.25, -0.2) is 13.2 Å². The molecular weight excluding hydrogens is 468 g/mol. The zero-order chi connectivity index (χ0) is 25.7. The number of aryl methyl sites for hydroxylation is 1. The van der Waals surface area contributed by atoms with Gasteiger partial charge < -0.3 is 9.47 Å². The SMILES string of the molecule is CCCc1ccc(-c2ccc(OCC3CCC(C4CCC(OCC)C(F)=C4F)CC3)c(F)c2F)cc1. The van der Waals surface area contributed by atoms with E-state index in [1.54, 1.807) is 13.0 Å². The van der Waals surface area contributed by atoms with Crippen LogP contribution < -0.4 is 4.74 Å². The van der Waals surface area contributed by atoms with Crippen LogP contribution in [-0.2, 0) is 11.2 Å². The Morgan fingerprint density at radius 2 is 1.50 bits per heavy atom. The van der Waals surface area contributed by atoms with Gasteiger partial charge in [-0.05, 0) is 87.0 Å². The molecule has 2 aliphatic carbocycles. The second-order valence-electron chi connectivity index (χ2n) is 10.1. The predicted molar refractivity (Wildman–Crippen MR) is 134 cm³/mol. The summed E-state index contributed by atoms with van der Waals surface area (Å²) in [6.45, 7) is 4.51. The highest BCUT2D eigenvalue weighted by Crippen LogP contribution is 2.44. The van der Waals surface area contributed by atoms with Gasteiger partial charge >= 0.3 is 0 Å². The highest BCUT2D eigenvalue weighted by atomic mass is 19.2. The van der Waals surface area contributed by atoms with Crippen molar-refractivity contribution in [1.82, 2.24) is 0 Å². The van der Waals surface area contributed by atoms with E-state index in [0.717, 1.165) is 38.5 Å². The molecule has 2 unspecified atom stereocenters. The number of hydrogen-bond donors (Lipinski definition) is 0. The van der Waals surface area contributed by atoms with Crippen LogP contribution in [0.5, 0.6) is 5.75 Å². The number of hydrogen-bond acceptors (Lipinski definition) is 2. The molecule has 2 aliphatic rings. The van der Waals surface area contributed by atoms with Crippen molar-refractivity contribution in [3.05, 3.63) is 65.2 Å². The summed E-state index contributed by atoms with van der Waals surface area (Å²) in [6, 6.07) is 10.6. The standard InChI is InChI=1S/C30H36F4O2/c1-3-5-19-6-10-21(11-7-19)24-15-17-26(30(34)28(24)32)36-18-20-8-12-22(13-9-20)23-14-16-25(35-4-2)29(33)27(23)31/h6-7,10-11,15,17,20,22-23,25H,3-5,8-9,12-14,16,18H2,1-2H3. The topological polar surface area (TPSA) is 18.5 Å². The summed E-state index contributed by atoms with van der Waals surface area (Å²) in [4.78, 5) is 0. The molecule has 0 aliphatic heterocycles. The van der Waals surface area contributed by atoms with E-state index in [1.807, 2.05) is 24.3 Å². The normalized spacial score (nSPS) is 24.7. The molecule has 0 aromatic heterocycles. The molecule has 0 heterocycles. The fourth-order valence-electron chi connectivity index (χ4n) is 5.69. The van der Waals surface area contributed by atoms with E-state index in [2.05, 4.69) is 6.92 Å². The van der Waals surface area contributed by atoms with Crippen LogP contribution in [0.4, 0.5) is 17.6 Å². The average molecular weight is 505 g/mol. The minimum Gasteiger partial charge on any atom is -0.490 e. The molecule has 196 valence electrons. The molecule has 2 aromatic rings. The molecule has 2 atom stereocenters. The van der Waals surface area contributed by atoms with Crippen molar-refractivity contribution in [3.8, 4) is 16.9 Å². The maximum atomic E-state index is 14.8. The largest absolute Gasteiger partial charge is 0.490 e. The van der Waals surface area contributed by atoms with Gasteiger partial charge in [0.15, 0.2) is 17.4 Å². The van der Waals surface area contributed by atoms with Crippen LogP contribution in [0, 0.1) is 29.4 Å². The van der Waals surface area contributed by atoms with Crippen LogP contribution >= 0.6 is 0 Å². The monoisotopic (exact) mass is 504 g/mol. The lowest BCUT2D eigenvalue weighted by Gasteiger charge is -2.36. The summed E-state index contributed by atoms with van der Waals surface area (Å²) in [7, 11) is 0. The van der Waals surface area contributed by atoms with Gasteiger partial charge in [0.25, 0.3) is 0 Å². The maximum Gasteiger partial charge on any atom is 0.201 e. The van der Waals surface area contributed by atoms with Crippen molar-refractivity contribution in [2.75, 3.05) is 13.2 Å². The quantitative estimate of drug-likeness (QED) is 0.318. The molecular formula is C30H36F4O2. The molecule has 1 fully saturated rings. The fourth-order valence-corrected chi connectivity index (χ4v) is 5.69. The maximum absolute atomic E-state index is 14.8. The molecule has 0 N–H and O–H groups in total. The Hall–Kier alpha value is -2.34. The van der Waals surface area contributed by atoms with E-state index in [0.29, 0.717) is 25.0 Å². The highest BCUT2D eigenvalue weighted by Gasteiger charge is 2.37. The van der Waals surface area contributed by atoms with Crippen LogP contribution in [-0.4, -0.2) is 19.3 Å². The van der Waals surface area contributed by atoms with Crippen molar-refractivity contribution < 1.29 is 27.0 Å². The molecule has 2 nitrogen and oxygen atoms in total. The smallest absolute Gasteiger partial charge is 0.201 e. The minimum atomic E-state index is -0.979. The summed E-state index contributed by atoms with van der Waals surface area (Å²) in [5.41, 5.74) is 2.01. The van der Waals surface area contributed by atoms with Gasteiger partial charge in [-0.3, -0.25) is 0 Å². The summed E-state index contributed by atoms with van der Waals surface area (Å²) < 4.78 is 69.7. The Balaban J connectivity index is 1.32. The third kappa shape index (κ3) is 5.96. The molecule has 4 rings (SSSR count). The van der Waals surface area contributed by atoms with Crippen LogP contribution in [0.15, 0.2) is 48.1 Å². The van der Waals surface area contributed by atoms with Crippen LogP contribution in [0.25, 0.3) is 11.1 Å². The molecule has 0 saturated heterocycles. The molecule has 2 aromatic carbocycles. The number of allylic oxidation sites excluding steroid dienone is 1. The number of halogens is 4.